The van der Waals surface area contributed by atoms with Crippen molar-refractivity contribution in [3.8, 4) is 5.88 Å². The normalized spacial score (nSPS) is 12.2. The lowest BCUT2D eigenvalue weighted by molar-refractivity contribution is -0.106. The first-order valence-corrected chi connectivity index (χ1v) is 10.5. The monoisotopic (exact) mass is 410 g/mol. The first kappa shape index (κ1) is 26.1. The second kappa shape index (κ2) is 16.1. The van der Waals surface area contributed by atoms with Crippen LogP contribution in [0, 0.1) is 0 Å². The molecule has 1 unspecified atom stereocenters. The highest BCUT2D eigenvalue weighted by Crippen LogP contribution is 2.40. The van der Waals surface area contributed by atoms with Gasteiger partial charge in [-0.15, -0.1) is 11.3 Å². The van der Waals surface area contributed by atoms with Crippen LogP contribution in [-0.4, -0.2) is 42.9 Å². The molecule has 0 amide bonds. The van der Waals surface area contributed by atoms with Gasteiger partial charge in [0.15, 0.2) is 0 Å². The van der Waals surface area contributed by atoms with Crippen LogP contribution in [0.2, 0.25) is 0 Å². The molecule has 2 heterocycles. The van der Waals surface area contributed by atoms with Gasteiger partial charge in [0.1, 0.15) is 29.8 Å². The van der Waals surface area contributed by atoms with Crippen LogP contribution in [0.5, 0.6) is 5.88 Å². The molecule has 158 valence electrons. The number of thiophene rings is 1. The van der Waals surface area contributed by atoms with E-state index >= 15 is 0 Å². The molecule has 6 nitrogen and oxygen atoms in total. The average Bonchev–Trinajstić information content (AvgIpc) is 3.24. The van der Waals surface area contributed by atoms with Gasteiger partial charge in [0, 0.05) is 19.1 Å². The first-order chi connectivity index (χ1) is 13.6. The Kier molecular flexibility index (Phi) is 15.1. The van der Waals surface area contributed by atoms with Crippen molar-refractivity contribution in [3.05, 3.63) is 16.8 Å². The van der Waals surface area contributed by atoms with Crippen molar-refractivity contribution in [2.24, 2.45) is 0 Å². The molecule has 0 fully saturated rings. The Labute approximate surface area is 172 Å². The third-order valence-electron chi connectivity index (χ3n) is 3.81. The van der Waals surface area contributed by atoms with Crippen molar-refractivity contribution in [2.75, 3.05) is 14.2 Å². The third-order valence-corrected chi connectivity index (χ3v) is 5.01. The summed E-state index contributed by atoms with van der Waals surface area (Å²) in [6.07, 6.45) is 10.3. The van der Waals surface area contributed by atoms with Gasteiger partial charge in [0.2, 0.25) is 5.88 Å². The molecule has 1 aliphatic rings. The first-order valence-electron chi connectivity index (χ1n) is 9.69. The predicted molar refractivity (Wildman–Crippen MR) is 115 cm³/mol. The van der Waals surface area contributed by atoms with Gasteiger partial charge in [0.05, 0.1) is 5.39 Å². The van der Waals surface area contributed by atoms with E-state index < -0.39 is 0 Å². The number of nitrogens with zero attached hydrogens (tertiary/aromatic N) is 2. The quantitative estimate of drug-likeness (QED) is 0.658. The number of ether oxygens (including phenoxy) is 2. The maximum Gasteiger partial charge on any atom is 0.225 e. The SMILES string of the molecule is CC=O.CC=O.CCCC(CC)Oc1ncnc2sc3c(c12)CCC3.COC. The van der Waals surface area contributed by atoms with Crippen LogP contribution in [-0.2, 0) is 27.2 Å². The van der Waals surface area contributed by atoms with Crippen LogP contribution < -0.4 is 4.74 Å². The molecule has 0 saturated heterocycles. The van der Waals surface area contributed by atoms with Crippen molar-refractivity contribution >= 4 is 34.1 Å². The molecule has 7 heteroatoms. The van der Waals surface area contributed by atoms with Gasteiger partial charge in [0.25, 0.3) is 0 Å². The maximum atomic E-state index is 8.81. The molecule has 0 spiro atoms. The standard InChI is InChI=1S/C15H20N2OS.C2H6O.2C2H4O/c1-3-6-10(4-2)18-14-13-11-7-5-8-12(11)19-15(13)17-9-16-14;1-3-2;2*1-2-3/h9-10H,3-8H2,1-2H3;1-2H3;2*2H,1H3. The molecule has 0 saturated carbocycles. The molecule has 3 rings (SSSR count). The Hall–Kier alpha value is -1.86. The van der Waals surface area contributed by atoms with Crippen molar-refractivity contribution in [1.82, 2.24) is 9.97 Å². The van der Waals surface area contributed by atoms with E-state index in [4.69, 9.17) is 14.3 Å². The fourth-order valence-corrected chi connectivity index (χ4v) is 4.03. The topological polar surface area (TPSA) is 78.4 Å². The van der Waals surface area contributed by atoms with E-state index in [0.29, 0.717) is 0 Å². The van der Waals surface area contributed by atoms with Gasteiger partial charge in [-0.2, -0.15) is 0 Å². The van der Waals surface area contributed by atoms with E-state index in [9.17, 15) is 0 Å². The number of carbonyl (C=O) groups excluding carboxylic acids is 2. The number of aromatic nitrogens is 2. The molecule has 1 atom stereocenters. The zero-order valence-electron chi connectivity index (χ0n) is 18.0. The molecule has 0 N–H and O–H groups in total. The van der Waals surface area contributed by atoms with Crippen LogP contribution in [0.25, 0.3) is 10.2 Å². The molecule has 2 aromatic heterocycles. The lowest BCUT2D eigenvalue weighted by Crippen LogP contribution is -2.15. The fourth-order valence-electron chi connectivity index (χ4n) is 2.82. The second-order valence-electron chi connectivity index (χ2n) is 6.03. The van der Waals surface area contributed by atoms with Crippen LogP contribution in [0.4, 0.5) is 0 Å². The summed E-state index contributed by atoms with van der Waals surface area (Å²) in [7, 11) is 3.25. The molecular formula is C21H34N2O4S. The third kappa shape index (κ3) is 8.44. The van der Waals surface area contributed by atoms with E-state index in [-0.39, 0.29) is 6.10 Å². The lowest BCUT2D eigenvalue weighted by atomic mass is 10.1. The molecule has 0 aliphatic heterocycles. The van der Waals surface area contributed by atoms with Gasteiger partial charge >= 0.3 is 0 Å². The number of carbonyl (C=O) groups is 2. The van der Waals surface area contributed by atoms with Crippen molar-refractivity contribution < 1.29 is 19.1 Å². The molecule has 1 aliphatic carbocycles. The van der Waals surface area contributed by atoms with Crippen molar-refractivity contribution in [1.29, 1.82) is 0 Å². The Morgan fingerprint density at radius 1 is 1.14 bits per heavy atom. The zero-order chi connectivity index (χ0) is 21.4. The molecular weight excluding hydrogens is 376 g/mol. The highest BCUT2D eigenvalue weighted by Gasteiger charge is 2.22. The number of hydrogen-bond acceptors (Lipinski definition) is 7. The maximum absolute atomic E-state index is 8.81. The van der Waals surface area contributed by atoms with Gasteiger partial charge < -0.3 is 19.1 Å². The summed E-state index contributed by atoms with van der Waals surface area (Å²) in [4.78, 5) is 29.0. The van der Waals surface area contributed by atoms with Gasteiger partial charge in [-0.1, -0.05) is 20.3 Å². The number of fused-ring (bicyclic) bond motifs is 3. The second-order valence-corrected chi connectivity index (χ2v) is 7.12. The van der Waals surface area contributed by atoms with Crippen LogP contribution >= 0.6 is 11.3 Å². The highest BCUT2D eigenvalue weighted by molar-refractivity contribution is 7.18. The summed E-state index contributed by atoms with van der Waals surface area (Å²) in [5.41, 5.74) is 1.45. The predicted octanol–water partition coefficient (Wildman–Crippen LogP) is 4.81. The highest BCUT2D eigenvalue weighted by atomic mass is 32.1. The minimum atomic E-state index is 0.278. The van der Waals surface area contributed by atoms with Gasteiger partial charge in [-0.05, 0) is 51.5 Å². The van der Waals surface area contributed by atoms with Crippen molar-refractivity contribution in [3.63, 3.8) is 0 Å². The summed E-state index contributed by atoms with van der Waals surface area (Å²) in [5.74, 6) is 0.810. The minimum Gasteiger partial charge on any atom is -0.474 e. The largest absolute Gasteiger partial charge is 0.474 e. The Morgan fingerprint density at radius 2 is 1.75 bits per heavy atom. The minimum absolute atomic E-state index is 0.278. The smallest absolute Gasteiger partial charge is 0.225 e. The van der Waals surface area contributed by atoms with E-state index in [1.165, 1.54) is 42.5 Å². The number of hydrogen-bond donors (Lipinski definition) is 0. The Bertz CT molecular complexity index is 682. The number of aldehydes is 2. The molecule has 28 heavy (non-hydrogen) atoms. The summed E-state index contributed by atoms with van der Waals surface area (Å²) in [6.45, 7) is 7.26. The Balaban J connectivity index is 0.000000695. The van der Waals surface area contributed by atoms with Gasteiger partial charge in [-0.25, -0.2) is 9.97 Å². The van der Waals surface area contributed by atoms with Crippen LogP contribution in [0.1, 0.15) is 63.8 Å². The van der Waals surface area contributed by atoms with E-state index in [1.807, 2.05) is 11.3 Å². The summed E-state index contributed by atoms with van der Waals surface area (Å²) in [5, 5.41) is 1.19. The number of rotatable bonds is 5. The van der Waals surface area contributed by atoms with E-state index in [2.05, 4.69) is 28.6 Å². The fraction of sp³-hybridized carbons (Fsp3) is 0.619. The van der Waals surface area contributed by atoms with Crippen molar-refractivity contribution in [2.45, 2.75) is 72.3 Å². The number of aryl methyl sites for hydroxylation is 2. The molecule has 0 radical (unpaired) electrons. The van der Waals surface area contributed by atoms with Crippen LogP contribution in [0.3, 0.4) is 0 Å². The molecule has 0 bridgehead atoms. The van der Waals surface area contributed by atoms with E-state index in [1.54, 1.807) is 20.5 Å². The Morgan fingerprint density at radius 3 is 2.29 bits per heavy atom. The number of methoxy groups -OCH3 is 1. The van der Waals surface area contributed by atoms with Gasteiger partial charge in [-0.3, -0.25) is 0 Å². The van der Waals surface area contributed by atoms with E-state index in [0.717, 1.165) is 49.0 Å². The summed E-state index contributed by atoms with van der Waals surface area (Å²) in [6, 6.07) is 0. The lowest BCUT2D eigenvalue weighted by Gasteiger charge is -2.16. The van der Waals surface area contributed by atoms with Crippen LogP contribution in [0.15, 0.2) is 6.33 Å². The zero-order valence-corrected chi connectivity index (χ0v) is 18.8. The molecule has 0 aromatic carbocycles. The molecule has 2 aromatic rings. The summed E-state index contributed by atoms with van der Waals surface area (Å²) < 4.78 is 10.4. The summed E-state index contributed by atoms with van der Waals surface area (Å²) >= 11 is 1.82. The average molecular weight is 411 g/mol.